The zero-order valence-electron chi connectivity index (χ0n) is 13.4. The molecule has 0 aromatic carbocycles. The van der Waals surface area contributed by atoms with Gasteiger partial charge in [0.05, 0.1) is 6.61 Å². The first-order valence-electron chi connectivity index (χ1n) is 7.29. The summed E-state index contributed by atoms with van der Waals surface area (Å²) in [6.07, 6.45) is -0.227. The molecule has 9 nitrogen and oxygen atoms in total. The molecule has 0 aliphatic carbocycles. The van der Waals surface area contributed by atoms with Crippen LogP contribution in [0.4, 0.5) is 0 Å². The van der Waals surface area contributed by atoms with Crippen molar-refractivity contribution in [2.75, 3.05) is 12.4 Å². The highest BCUT2D eigenvalue weighted by Crippen LogP contribution is 2.11. The number of thioether (sulfide) groups is 1. The second-order valence-corrected chi connectivity index (χ2v) is 5.55. The lowest BCUT2D eigenvalue weighted by Gasteiger charge is -2.19. The molecule has 132 valence electrons. The molecule has 2 atom stereocenters. The Labute approximate surface area is 138 Å². The molecule has 0 fully saturated rings. The van der Waals surface area contributed by atoms with Crippen LogP contribution in [-0.2, 0) is 24.0 Å². The number of hydrogen-bond donors (Lipinski definition) is 1. The summed E-state index contributed by atoms with van der Waals surface area (Å²) in [6, 6.07) is -1.07. The molecule has 1 amide bonds. The second kappa shape index (κ2) is 11.7. The van der Waals surface area contributed by atoms with Crippen LogP contribution in [0.5, 0.6) is 0 Å². The van der Waals surface area contributed by atoms with E-state index in [1.807, 2.05) is 6.92 Å². The molecule has 0 bridgehead atoms. The molecular weight excluding hydrogens is 328 g/mol. The largest absolute Gasteiger partial charge is 0.464 e. The van der Waals surface area contributed by atoms with Crippen LogP contribution in [0.25, 0.3) is 0 Å². The van der Waals surface area contributed by atoms with E-state index >= 15 is 0 Å². The van der Waals surface area contributed by atoms with Gasteiger partial charge in [-0.05, 0) is 19.8 Å². The Balaban J connectivity index is 4.78. The van der Waals surface area contributed by atoms with E-state index in [9.17, 15) is 24.5 Å². The van der Waals surface area contributed by atoms with E-state index in [2.05, 4.69) is 10.2 Å². The first kappa shape index (κ1) is 21.2. The van der Waals surface area contributed by atoms with Crippen molar-refractivity contribution in [3.63, 3.8) is 0 Å². The van der Waals surface area contributed by atoms with Crippen molar-refractivity contribution < 1.29 is 29.0 Å². The highest BCUT2D eigenvalue weighted by atomic mass is 32.2. The number of esters is 1. The number of hydrogen-bond acceptors (Lipinski definition) is 8. The highest BCUT2D eigenvalue weighted by Gasteiger charge is 2.28. The minimum absolute atomic E-state index is 0.00168. The molecule has 0 saturated carbocycles. The molecular formula is C13H22N2O7S. The van der Waals surface area contributed by atoms with E-state index in [-0.39, 0.29) is 23.9 Å². The molecule has 23 heavy (non-hydrogen) atoms. The van der Waals surface area contributed by atoms with Crippen LogP contribution in [0.3, 0.4) is 0 Å². The third-order valence-corrected chi connectivity index (χ3v) is 3.66. The molecule has 0 aliphatic heterocycles. The van der Waals surface area contributed by atoms with E-state index in [4.69, 9.17) is 4.74 Å². The first-order chi connectivity index (χ1) is 10.8. The summed E-state index contributed by atoms with van der Waals surface area (Å²) in [6.45, 7) is 5.11. The van der Waals surface area contributed by atoms with Gasteiger partial charge in [-0.3, -0.25) is 9.59 Å². The molecule has 0 saturated heterocycles. The molecule has 10 heteroatoms. The lowest BCUT2D eigenvalue weighted by atomic mass is 10.2. The minimum Gasteiger partial charge on any atom is -0.464 e. The van der Waals surface area contributed by atoms with E-state index in [0.29, 0.717) is 12.8 Å². The molecule has 0 aromatic heterocycles. The van der Waals surface area contributed by atoms with Crippen molar-refractivity contribution in [1.29, 1.82) is 0 Å². The number of nitrogens with one attached hydrogen (secondary N) is 1. The third kappa shape index (κ3) is 9.01. The van der Waals surface area contributed by atoms with Gasteiger partial charge in [-0.2, -0.15) is 0 Å². The summed E-state index contributed by atoms with van der Waals surface area (Å²) >= 11 is 0.909. The standard InChI is InChI=1S/C13H22N2O7S/c1-4-7-11(16)23-8-9(13(18)21-6-3)14-12(17)10(5-2)22-15(19)20/h9-10H,4-8H2,1-3H3,(H,14,17). The summed E-state index contributed by atoms with van der Waals surface area (Å²) in [5.74, 6) is -1.50. The Morgan fingerprint density at radius 2 is 1.91 bits per heavy atom. The zero-order valence-corrected chi connectivity index (χ0v) is 14.2. The Hall–Kier alpha value is -1.84. The maximum absolute atomic E-state index is 12.0. The molecule has 0 aliphatic rings. The molecule has 0 heterocycles. The molecule has 0 spiro atoms. The van der Waals surface area contributed by atoms with Crippen LogP contribution in [0.2, 0.25) is 0 Å². The Kier molecular flexibility index (Phi) is 10.8. The summed E-state index contributed by atoms with van der Waals surface area (Å²) in [7, 11) is 0. The molecule has 0 aromatic rings. The zero-order chi connectivity index (χ0) is 17.8. The lowest BCUT2D eigenvalue weighted by molar-refractivity contribution is -0.764. The minimum atomic E-state index is -1.32. The van der Waals surface area contributed by atoms with Crippen LogP contribution >= 0.6 is 11.8 Å². The topological polar surface area (TPSA) is 125 Å². The Morgan fingerprint density at radius 3 is 2.39 bits per heavy atom. The van der Waals surface area contributed by atoms with Crippen molar-refractivity contribution in [2.24, 2.45) is 0 Å². The van der Waals surface area contributed by atoms with Crippen LogP contribution in [0.15, 0.2) is 0 Å². The third-order valence-electron chi connectivity index (χ3n) is 2.63. The monoisotopic (exact) mass is 350 g/mol. The van der Waals surface area contributed by atoms with Crippen molar-refractivity contribution in [1.82, 2.24) is 5.32 Å². The van der Waals surface area contributed by atoms with E-state index in [0.717, 1.165) is 11.8 Å². The average Bonchev–Trinajstić information content (AvgIpc) is 2.48. The molecule has 1 N–H and O–H groups in total. The van der Waals surface area contributed by atoms with Gasteiger partial charge in [-0.1, -0.05) is 25.6 Å². The quantitative estimate of drug-likeness (QED) is 0.333. The van der Waals surface area contributed by atoms with Crippen LogP contribution < -0.4 is 5.32 Å². The van der Waals surface area contributed by atoms with Crippen LogP contribution in [-0.4, -0.2) is 46.6 Å². The first-order valence-corrected chi connectivity index (χ1v) is 8.27. The fraction of sp³-hybridized carbons (Fsp3) is 0.769. The second-order valence-electron chi connectivity index (χ2n) is 4.47. The van der Waals surface area contributed by atoms with E-state index < -0.39 is 29.1 Å². The smallest absolute Gasteiger partial charge is 0.329 e. The summed E-state index contributed by atoms with van der Waals surface area (Å²) in [5.41, 5.74) is 0. The highest BCUT2D eigenvalue weighted by molar-refractivity contribution is 8.13. The van der Waals surface area contributed by atoms with Gasteiger partial charge >= 0.3 is 5.97 Å². The van der Waals surface area contributed by atoms with Gasteiger partial charge in [0.25, 0.3) is 5.09 Å². The fourth-order valence-electron chi connectivity index (χ4n) is 1.54. The fourth-order valence-corrected chi connectivity index (χ4v) is 2.46. The SMILES string of the molecule is CCCC(=O)SCC(NC(=O)C(CC)O[N+](=O)[O-])C(=O)OCC. The molecule has 0 rings (SSSR count). The van der Waals surface area contributed by atoms with Gasteiger partial charge in [-0.15, -0.1) is 10.1 Å². The normalized spacial score (nSPS) is 12.8. The summed E-state index contributed by atoms with van der Waals surface area (Å²) in [5, 5.41) is 11.5. The maximum Gasteiger partial charge on any atom is 0.329 e. The van der Waals surface area contributed by atoms with E-state index in [1.165, 1.54) is 6.92 Å². The van der Waals surface area contributed by atoms with Gasteiger partial charge in [0, 0.05) is 12.2 Å². The van der Waals surface area contributed by atoms with Crippen molar-refractivity contribution in [2.45, 2.75) is 52.2 Å². The summed E-state index contributed by atoms with van der Waals surface area (Å²) in [4.78, 5) is 49.9. The van der Waals surface area contributed by atoms with E-state index in [1.54, 1.807) is 6.92 Å². The van der Waals surface area contributed by atoms with Gasteiger partial charge in [-0.25, -0.2) is 4.79 Å². The molecule has 2 unspecified atom stereocenters. The van der Waals surface area contributed by atoms with Crippen molar-refractivity contribution in [3.8, 4) is 0 Å². The predicted molar refractivity (Wildman–Crippen MR) is 83.1 cm³/mol. The van der Waals surface area contributed by atoms with Gasteiger partial charge in [0.15, 0.2) is 11.2 Å². The maximum atomic E-state index is 12.0. The van der Waals surface area contributed by atoms with Gasteiger partial charge in [0.1, 0.15) is 6.04 Å². The van der Waals surface area contributed by atoms with Crippen molar-refractivity contribution in [3.05, 3.63) is 10.1 Å². The number of amides is 1. The Bertz CT molecular complexity index is 431. The average molecular weight is 350 g/mol. The lowest BCUT2D eigenvalue weighted by Crippen LogP contribution is -2.48. The number of rotatable bonds is 11. The Morgan fingerprint density at radius 1 is 1.26 bits per heavy atom. The van der Waals surface area contributed by atoms with Gasteiger partial charge < -0.3 is 14.9 Å². The number of nitrogens with zero attached hydrogens (tertiary/aromatic N) is 1. The number of carbonyl (C=O) groups is 3. The number of carbonyl (C=O) groups excluding carboxylic acids is 3. The van der Waals surface area contributed by atoms with Crippen molar-refractivity contribution >= 4 is 28.8 Å². The van der Waals surface area contributed by atoms with Crippen LogP contribution in [0, 0.1) is 10.1 Å². The number of ether oxygens (including phenoxy) is 1. The summed E-state index contributed by atoms with van der Waals surface area (Å²) < 4.78 is 4.84. The predicted octanol–water partition coefficient (Wildman–Crippen LogP) is 1.08. The van der Waals surface area contributed by atoms with Crippen LogP contribution in [0.1, 0.15) is 40.0 Å². The van der Waals surface area contributed by atoms with Gasteiger partial charge in [0.2, 0.25) is 5.91 Å². The molecule has 0 radical (unpaired) electrons.